The third kappa shape index (κ3) is 1.88. The normalized spacial score (nSPS) is 41.5. The maximum Gasteiger partial charge on any atom is 0.240 e. The highest BCUT2D eigenvalue weighted by atomic mass is 16.5. The summed E-state index contributed by atoms with van der Waals surface area (Å²) in [6.45, 7) is 3.99. The molecule has 4 unspecified atom stereocenters. The Balaban J connectivity index is 2.02. The fourth-order valence-electron chi connectivity index (χ4n) is 2.81. The highest BCUT2D eigenvalue weighted by Crippen LogP contribution is 2.29. The van der Waals surface area contributed by atoms with Crippen LogP contribution < -0.4 is 5.32 Å². The third-order valence-corrected chi connectivity index (χ3v) is 3.62. The zero-order chi connectivity index (χ0) is 11.0. The summed E-state index contributed by atoms with van der Waals surface area (Å²) in [5, 5.41) is 3.26. The molecule has 0 radical (unpaired) electrons. The van der Waals surface area contributed by atoms with Gasteiger partial charge >= 0.3 is 0 Å². The lowest BCUT2D eigenvalue weighted by molar-refractivity contribution is -0.131. The summed E-state index contributed by atoms with van der Waals surface area (Å²) < 4.78 is 5.34. The first-order valence-electron chi connectivity index (χ1n) is 5.74. The summed E-state index contributed by atoms with van der Waals surface area (Å²) in [6.07, 6.45) is 3.65. The summed E-state index contributed by atoms with van der Waals surface area (Å²) in [7, 11) is 1.75. The molecular formula is C11H20N2O2. The van der Waals surface area contributed by atoms with Crippen molar-refractivity contribution in [2.75, 3.05) is 7.11 Å². The monoisotopic (exact) mass is 212 g/mol. The summed E-state index contributed by atoms with van der Waals surface area (Å²) >= 11 is 0. The van der Waals surface area contributed by atoms with Gasteiger partial charge in [0.25, 0.3) is 0 Å². The van der Waals surface area contributed by atoms with Crippen LogP contribution in [0.5, 0.6) is 0 Å². The molecule has 4 heteroatoms. The highest BCUT2D eigenvalue weighted by Gasteiger charge is 2.40. The van der Waals surface area contributed by atoms with E-state index in [1.54, 1.807) is 7.11 Å². The van der Waals surface area contributed by atoms with E-state index in [9.17, 15) is 4.79 Å². The zero-order valence-electron chi connectivity index (χ0n) is 9.69. The van der Waals surface area contributed by atoms with Crippen LogP contribution in [0.25, 0.3) is 0 Å². The van der Waals surface area contributed by atoms with Gasteiger partial charge in [-0.25, -0.2) is 0 Å². The largest absolute Gasteiger partial charge is 0.381 e. The topological polar surface area (TPSA) is 41.6 Å². The number of nitrogens with zero attached hydrogens (tertiary/aromatic N) is 1. The van der Waals surface area contributed by atoms with E-state index in [1.165, 1.54) is 0 Å². The number of nitrogens with one attached hydrogen (secondary N) is 1. The quantitative estimate of drug-likeness (QED) is 0.733. The minimum Gasteiger partial charge on any atom is -0.381 e. The Bertz CT molecular complexity index is 257. The molecule has 0 aromatic rings. The molecular weight excluding hydrogens is 192 g/mol. The van der Waals surface area contributed by atoms with E-state index < -0.39 is 0 Å². The van der Waals surface area contributed by atoms with Crippen LogP contribution in [0.2, 0.25) is 0 Å². The lowest BCUT2D eigenvalue weighted by Gasteiger charge is -2.28. The van der Waals surface area contributed by atoms with E-state index in [4.69, 9.17) is 4.74 Å². The van der Waals surface area contributed by atoms with Gasteiger partial charge in [-0.3, -0.25) is 10.1 Å². The first kappa shape index (κ1) is 10.9. The maximum absolute atomic E-state index is 11.9. The van der Waals surface area contributed by atoms with Crippen molar-refractivity contribution >= 4 is 5.91 Å². The van der Waals surface area contributed by atoms with E-state index in [1.807, 2.05) is 11.8 Å². The molecule has 1 N–H and O–H groups in total. The molecule has 0 aromatic carbocycles. The van der Waals surface area contributed by atoms with Gasteiger partial charge in [0.2, 0.25) is 5.91 Å². The van der Waals surface area contributed by atoms with Gasteiger partial charge in [0, 0.05) is 13.2 Å². The Morgan fingerprint density at radius 3 is 2.60 bits per heavy atom. The van der Waals surface area contributed by atoms with E-state index >= 15 is 0 Å². The molecule has 2 aliphatic rings. The number of hydrogen-bond donors (Lipinski definition) is 1. The van der Waals surface area contributed by atoms with Crippen molar-refractivity contribution in [3.63, 3.8) is 0 Å². The molecule has 1 saturated heterocycles. The van der Waals surface area contributed by atoms with Crippen molar-refractivity contribution in [1.29, 1.82) is 0 Å². The molecule has 4 atom stereocenters. The van der Waals surface area contributed by atoms with Crippen LogP contribution in [-0.2, 0) is 9.53 Å². The number of amides is 1. The average Bonchev–Trinajstić information content (AvgIpc) is 2.74. The molecule has 0 aromatic heterocycles. The Hall–Kier alpha value is -0.610. The minimum atomic E-state index is -0.0263. The van der Waals surface area contributed by atoms with Gasteiger partial charge < -0.3 is 9.64 Å². The van der Waals surface area contributed by atoms with Crippen LogP contribution in [0.1, 0.15) is 33.1 Å². The smallest absolute Gasteiger partial charge is 0.240 e. The SMILES string of the molecule is COC1CCC(N2C(=O)C(C)NC2C)C1. The number of carbonyl (C=O) groups excluding carboxylic acids is 1. The summed E-state index contributed by atoms with van der Waals surface area (Å²) in [5.41, 5.74) is 0. The molecule has 0 bridgehead atoms. The number of ether oxygens (including phenoxy) is 1. The predicted octanol–water partition coefficient (Wildman–Crippen LogP) is 0.720. The van der Waals surface area contributed by atoms with E-state index in [0.29, 0.717) is 12.1 Å². The van der Waals surface area contributed by atoms with Crippen LogP contribution in [0, 0.1) is 0 Å². The molecule has 1 aliphatic heterocycles. The molecule has 2 fully saturated rings. The molecule has 1 amide bonds. The molecule has 0 spiro atoms. The number of carbonyl (C=O) groups is 1. The molecule has 1 aliphatic carbocycles. The van der Waals surface area contributed by atoms with Crippen LogP contribution in [-0.4, -0.2) is 42.3 Å². The van der Waals surface area contributed by atoms with Gasteiger partial charge in [0.1, 0.15) is 0 Å². The average molecular weight is 212 g/mol. The van der Waals surface area contributed by atoms with Crippen molar-refractivity contribution in [3.05, 3.63) is 0 Å². The Kier molecular flexibility index (Phi) is 2.98. The Morgan fingerprint density at radius 2 is 2.13 bits per heavy atom. The van der Waals surface area contributed by atoms with Crippen LogP contribution in [0.3, 0.4) is 0 Å². The van der Waals surface area contributed by atoms with E-state index in [0.717, 1.165) is 19.3 Å². The Morgan fingerprint density at radius 1 is 1.40 bits per heavy atom. The van der Waals surface area contributed by atoms with Gasteiger partial charge in [0.05, 0.1) is 18.3 Å². The Labute approximate surface area is 91.0 Å². The van der Waals surface area contributed by atoms with Crippen molar-refractivity contribution in [2.45, 2.75) is 57.5 Å². The van der Waals surface area contributed by atoms with Crippen molar-refractivity contribution < 1.29 is 9.53 Å². The predicted molar refractivity (Wildman–Crippen MR) is 57.3 cm³/mol. The molecule has 15 heavy (non-hydrogen) atoms. The third-order valence-electron chi connectivity index (χ3n) is 3.62. The zero-order valence-corrected chi connectivity index (χ0v) is 9.69. The number of rotatable bonds is 2. The van der Waals surface area contributed by atoms with Crippen LogP contribution in [0.15, 0.2) is 0 Å². The lowest BCUT2D eigenvalue weighted by atomic mass is 10.2. The van der Waals surface area contributed by atoms with Gasteiger partial charge in [0.15, 0.2) is 0 Å². The summed E-state index contributed by atoms with van der Waals surface area (Å²) in [4.78, 5) is 13.9. The molecule has 86 valence electrons. The second-order valence-corrected chi connectivity index (χ2v) is 4.63. The number of hydrogen-bond acceptors (Lipinski definition) is 3. The van der Waals surface area contributed by atoms with Crippen LogP contribution >= 0.6 is 0 Å². The molecule has 1 heterocycles. The molecule has 1 saturated carbocycles. The lowest BCUT2D eigenvalue weighted by Crippen LogP contribution is -2.42. The van der Waals surface area contributed by atoms with Crippen molar-refractivity contribution in [2.24, 2.45) is 0 Å². The summed E-state index contributed by atoms with van der Waals surface area (Å²) in [6, 6.07) is 0.344. The highest BCUT2D eigenvalue weighted by molar-refractivity contribution is 5.84. The molecule has 2 rings (SSSR count). The standard InChI is InChI=1S/C11H20N2O2/c1-7-11(14)13(8(2)12-7)9-4-5-10(6-9)15-3/h7-10,12H,4-6H2,1-3H3. The van der Waals surface area contributed by atoms with Crippen molar-refractivity contribution in [1.82, 2.24) is 10.2 Å². The van der Waals surface area contributed by atoms with Gasteiger partial charge in [-0.05, 0) is 33.1 Å². The van der Waals surface area contributed by atoms with E-state index in [2.05, 4.69) is 12.2 Å². The fraction of sp³-hybridized carbons (Fsp3) is 0.909. The van der Waals surface area contributed by atoms with E-state index in [-0.39, 0.29) is 18.1 Å². The van der Waals surface area contributed by atoms with Gasteiger partial charge in [-0.2, -0.15) is 0 Å². The number of methoxy groups -OCH3 is 1. The second kappa shape index (κ2) is 4.10. The maximum atomic E-state index is 11.9. The second-order valence-electron chi connectivity index (χ2n) is 4.63. The fourth-order valence-corrected chi connectivity index (χ4v) is 2.81. The first-order valence-corrected chi connectivity index (χ1v) is 5.74. The van der Waals surface area contributed by atoms with Crippen molar-refractivity contribution in [3.8, 4) is 0 Å². The minimum absolute atomic E-state index is 0.0263. The first-order chi connectivity index (χ1) is 7.13. The molecule has 4 nitrogen and oxygen atoms in total. The summed E-state index contributed by atoms with van der Waals surface area (Å²) in [5.74, 6) is 0.240. The van der Waals surface area contributed by atoms with Crippen LogP contribution in [0.4, 0.5) is 0 Å². The van der Waals surface area contributed by atoms with Gasteiger partial charge in [-0.15, -0.1) is 0 Å². The van der Waals surface area contributed by atoms with Gasteiger partial charge in [-0.1, -0.05) is 0 Å².